The van der Waals surface area contributed by atoms with Gasteiger partial charge in [-0.1, -0.05) is 25.3 Å². The van der Waals surface area contributed by atoms with E-state index in [-0.39, 0.29) is 30.6 Å². The molecule has 1 heterocycles. The lowest BCUT2D eigenvalue weighted by atomic mass is 9.89. The number of benzene rings is 1. The van der Waals surface area contributed by atoms with Crippen LogP contribution in [0.25, 0.3) is 0 Å². The van der Waals surface area contributed by atoms with E-state index in [0.717, 1.165) is 12.8 Å². The molecule has 0 bridgehead atoms. The van der Waals surface area contributed by atoms with Gasteiger partial charge in [0.15, 0.2) is 0 Å². The van der Waals surface area contributed by atoms with Crippen molar-refractivity contribution in [2.24, 2.45) is 11.7 Å². The summed E-state index contributed by atoms with van der Waals surface area (Å²) in [5, 5.41) is 10.3. The van der Waals surface area contributed by atoms with Crippen LogP contribution in [0.3, 0.4) is 0 Å². The number of carbonyl (C=O) groups excluding carboxylic acids is 2. The normalized spacial score (nSPS) is 14.1. The fraction of sp³-hybridized carbons (Fsp3) is 0.391. The minimum atomic E-state index is -0.240. The number of hydrogen-bond donors (Lipinski definition) is 3. The van der Waals surface area contributed by atoms with E-state index in [9.17, 15) is 9.59 Å². The van der Waals surface area contributed by atoms with E-state index in [4.69, 9.17) is 11.1 Å². The lowest BCUT2D eigenvalue weighted by molar-refractivity contribution is -0.135. The maximum Gasteiger partial charge on any atom is 0.243 e. The van der Waals surface area contributed by atoms with E-state index in [1.165, 1.54) is 19.3 Å². The van der Waals surface area contributed by atoms with Gasteiger partial charge in [0.1, 0.15) is 5.84 Å². The number of amidine groups is 1. The van der Waals surface area contributed by atoms with Crippen LogP contribution >= 0.6 is 0 Å². The molecule has 0 unspecified atom stereocenters. The molecule has 2 aromatic rings. The molecular weight excluding hydrogens is 378 g/mol. The summed E-state index contributed by atoms with van der Waals surface area (Å²) in [6, 6.07) is 12.3. The van der Waals surface area contributed by atoms with Crippen molar-refractivity contribution >= 4 is 23.3 Å². The number of nitrogens with zero attached hydrogens (tertiary/aromatic N) is 2. The Labute approximate surface area is 177 Å². The Bertz CT molecular complexity index is 861. The Balaban J connectivity index is 1.64. The zero-order chi connectivity index (χ0) is 21.3. The van der Waals surface area contributed by atoms with Crippen LogP contribution in [0.4, 0.5) is 5.69 Å². The van der Waals surface area contributed by atoms with Crippen LogP contribution in [-0.2, 0) is 16.0 Å². The van der Waals surface area contributed by atoms with E-state index < -0.39 is 0 Å². The predicted octanol–water partition coefficient (Wildman–Crippen LogP) is 2.96. The van der Waals surface area contributed by atoms with Gasteiger partial charge in [-0.2, -0.15) is 0 Å². The standard InChI is InChI=1S/C23H29N5O2/c24-23(25)18-9-11-19(12-10-18)27-21(29)16-28(15-17-6-2-1-3-7-17)22(30)14-20-8-4-5-13-26-20/h4-5,8-13,17H,1-3,6-7,14-16H2,(H3,24,25)(H,27,29). The Hall–Kier alpha value is -3.22. The maximum atomic E-state index is 13.0. The molecule has 0 aliphatic heterocycles. The molecule has 7 nitrogen and oxygen atoms in total. The van der Waals surface area contributed by atoms with Crippen LogP contribution in [-0.4, -0.2) is 40.6 Å². The van der Waals surface area contributed by atoms with Crippen molar-refractivity contribution in [1.29, 1.82) is 5.41 Å². The largest absolute Gasteiger partial charge is 0.384 e. The Morgan fingerprint density at radius 1 is 1.10 bits per heavy atom. The van der Waals surface area contributed by atoms with Crippen LogP contribution in [0.2, 0.25) is 0 Å². The molecule has 4 N–H and O–H groups in total. The first-order valence-corrected chi connectivity index (χ1v) is 10.4. The highest BCUT2D eigenvalue weighted by Gasteiger charge is 2.23. The molecule has 1 fully saturated rings. The van der Waals surface area contributed by atoms with Crippen molar-refractivity contribution in [2.45, 2.75) is 38.5 Å². The van der Waals surface area contributed by atoms with Gasteiger partial charge in [0.05, 0.1) is 13.0 Å². The average Bonchev–Trinajstić information content (AvgIpc) is 2.75. The molecule has 2 amide bonds. The smallest absolute Gasteiger partial charge is 0.243 e. The SMILES string of the molecule is N=C(N)c1ccc(NC(=O)CN(CC2CCCCC2)C(=O)Cc2ccccn2)cc1. The van der Waals surface area contributed by atoms with Crippen LogP contribution in [0.1, 0.15) is 43.4 Å². The molecule has 30 heavy (non-hydrogen) atoms. The summed E-state index contributed by atoms with van der Waals surface area (Å²) in [4.78, 5) is 31.5. The average molecular weight is 408 g/mol. The van der Waals surface area contributed by atoms with Crippen LogP contribution in [0.5, 0.6) is 0 Å². The van der Waals surface area contributed by atoms with Crippen LogP contribution < -0.4 is 11.1 Å². The highest BCUT2D eigenvalue weighted by molar-refractivity contribution is 5.97. The molecule has 3 rings (SSSR count). The number of nitrogen functional groups attached to an aromatic ring is 1. The fourth-order valence-electron chi connectivity index (χ4n) is 3.81. The molecule has 0 spiro atoms. The first kappa shape index (κ1) is 21.5. The first-order valence-electron chi connectivity index (χ1n) is 10.4. The lowest BCUT2D eigenvalue weighted by Gasteiger charge is -2.29. The number of hydrogen-bond acceptors (Lipinski definition) is 4. The third kappa shape index (κ3) is 6.40. The van der Waals surface area contributed by atoms with Gasteiger partial charge in [-0.3, -0.25) is 20.0 Å². The maximum absolute atomic E-state index is 13.0. The van der Waals surface area contributed by atoms with Gasteiger partial charge in [-0.25, -0.2) is 0 Å². The molecule has 1 aromatic carbocycles. The van der Waals surface area contributed by atoms with Gasteiger partial charge in [0, 0.05) is 29.7 Å². The molecule has 0 radical (unpaired) electrons. The minimum Gasteiger partial charge on any atom is -0.384 e. The monoisotopic (exact) mass is 407 g/mol. The minimum absolute atomic E-state index is 0.0105. The Morgan fingerprint density at radius 2 is 1.83 bits per heavy atom. The second kappa shape index (κ2) is 10.5. The van der Waals surface area contributed by atoms with Crippen molar-refractivity contribution in [2.75, 3.05) is 18.4 Å². The summed E-state index contributed by atoms with van der Waals surface area (Å²) in [7, 11) is 0. The van der Waals surface area contributed by atoms with Crippen molar-refractivity contribution in [3.05, 3.63) is 59.9 Å². The number of anilines is 1. The molecule has 0 atom stereocenters. The number of nitrogens with two attached hydrogens (primary N) is 1. The number of aromatic nitrogens is 1. The van der Waals surface area contributed by atoms with E-state index in [2.05, 4.69) is 10.3 Å². The summed E-state index contributed by atoms with van der Waals surface area (Å²) in [5.41, 5.74) is 7.37. The van der Waals surface area contributed by atoms with Gasteiger partial charge in [-0.05, 0) is 55.2 Å². The van der Waals surface area contributed by atoms with Crippen molar-refractivity contribution in [3.63, 3.8) is 0 Å². The molecule has 158 valence electrons. The van der Waals surface area contributed by atoms with Gasteiger partial charge in [0.25, 0.3) is 0 Å². The summed E-state index contributed by atoms with van der Waals surface area (Å²) in [5.74, 6) is 0.0952. The number of nitrogens with one attached hydrogen (secondary N) is 2. The Morgan fingerprint density at radius 3 is 2.47 bits per heavy atom. The van der Waals surface area contributed by atoms with Crippen molar-refractivity contribution in [1.82, 2.24) is 9.88 Å². The topological polar surface area (TPSA) is 112 Å². The van der Waals surface area contributed by atoms with Gasteiger partial charge >= 0.3 is 0 Å². The number of rotatable bonds is 8. The van der Waals surface area contributed by atoms with E-state index in [1.54, 1.807) is 35.4 Å². The molecular formula is C23H29N5O2. The highest BCUT2D eigenvalue weighted by atomic mass is 16.2. The zero-order valence-electron chi connectivity index (χ0n) is 17.1. The van der Waals surface area contributed by atoms with E-state index in [0.29, 0.717) is 29.4 Å². The number of amides is 2. The summed E-state index contributed by atoms with van der Waals surface area (Å²) >= 11 is 0. The van der Waals surface area contributed by atoms with Crippen LogP contribution in [0, 0.1) is 11.3 Å². The van der Waals surface area contributed by atoms with Gasteiger partial charge in [-0.15, -0.1) is 0 Å². The summed E-state index contributed by atoms with van der Waals surface area (Å²) in [6.07, 6.45) is 7.67. The first-order chi connectivity index (χ1) is 14.5. The molecule has 7 heteroatoms. The van der Waals surface area contributed by atoms with Crippen molar-refractivity contribution < 1.29 is 9.59 Å². The number of carbonyl (C=O) groups is 2. The highest BCUT2D eigenvalue weighted by Crippen LogP contribution is 2.24. The zero-order valence-corrected chi connectivity index (χ0v) is 17.1. The third-order valence-corrected chi connectivity index (χ3v) is 5.43. The third-order valence-electron chi connectivity index (χ3n) is 5.43. The fourth-order valence-corrected chi connectivity index (χ4v) is 3.81. The second-order valence-corrected chi connectivity index (χ2v) is 7.82. The van der Waals surface area contributed by atoms with Gasteiger partial charge in [0.2, 0.25) is 11.8 Å². The molecule has 0 saturated heterocycles. The van der Waals surface area contributed by atoms with E-state index >= 15 is 0 Å². The quantitative estimate of drug-likeness (QED) is 0.461. The lowest BCUT2D eigenvalue weighted by Crippen LogP contribution is -2.42. The molecule has 1 aromatic heterocycles. The number of pyridine rings is 1. The Kier molecular flexibility index (Phi) is 7.54. The second-order valence-electron chi connectivity index (χ2n) is 7.82. The van der Waals surface area contributed by atoms with Gasteiger partial charge < -0.3 is 16.0 Å². The summed E-state index contributed by atoms with van der Waals surface area (Å²) in [6.45, 7) is 0.610. The molecule has 1 aliphatic carbocycles. The molecule has 1 saturated carbocycles. The molecule has 1 aliphatic rings. The summed E-state index contributed by atoms with van der Waals surface area (Å²) < 4.78 is 0. The van der Waals surface area contributed by atoms with Crippen LogP contribution in [0.15, 0.2) is 48.7 Å². The predicted molar refractivity (Wildman–Crippen MR) is 117 cm³/mol. The van der Waals surface area contributed by atoms with Crippen molar-refractivity contribution in [3.8, 4) is 0 Å². The van der Waals surface area contributed by atoms with E-state index in [1.807, 2.05) is 18.2 Å².